The lowest BCUT2D eigenvalue weighted by Gasteiger charge is -2.27. The van der Waals surface area contributed by atoms with Gasteiger partial charge in [-0.2, -0.15) is 0 Å². The van der Waals surface area contributed by atoms with Crippen LogP contribution in [0.2, 0.25) is 0 Å². The lowest BCUT2D eigenvalue weighted by atomic mass is 9.79. The molecule has 4 heteroatoms. The normalized spacial score (nSPS) is 14.0. The van der Waals surface area contributed by atoms with Crippen LogP contribution < -0.4 is 9.64 Å². The van der Waals surface area contributed by atoms with E-state index >= 15 is 0 Å². The number of anilines is 3. The summed E-state index contributed by atoms with van der Waals surface area (Å²) in [5, 5.41) is 2.48. The summed E-state index contributed by atoms with van der Waals surface area (Å²) in [4.78, 5) is 2.31. The SMILES string of the molecule is CCC(CC(C)c1ccc(-c2ccc3c(c2)c2cc(-c4ccc(N(c5ccccc5)c5ccccc5)cc4)ccc2n3-c2ccccc2)cc1)c1ccc(COCCOc2ccc3c(c2)CC3C)cc1. The lowest BCUT2D eigenvalue weighted by Crippen LogP contribution is -2.14. The van der Waals surface area contributed by atoms with Crippen molar-refractivity contribution >= 4 is 38.9 Å². The average molecular weight is 913 g/mol. The van der Waals surface area contributed by atoms with Crippen LogP contribution in [0.1, 0.15) is 79.2 Å². The van der Waals surface area contributed by atoms with Gasteiger partial charge in [0, 0.05) is 33.5 Å². The second-order valence-electron chi connectivity index (χ2n) is 19.2. The molecule has 4 nitrogen and oxygen atoms in total. The topological polar surface area (TPSA) is 26.6 Å². The molecule has 3 atom stereocenters. The van der Waals surface area contributed by atoms with Crippen LogP contribution in [0.25, 0.3) is 49.7 Å². The fourth-order valence-corrected chi connectivity index (χ4v) is 10.7. The highest BCUT2D eigenvalue weighted by atomic mass is 16.5. The molecule has 0 saturated carbocycles. The maximum absolute atomic E-state index is 6.00. The molecule has 0 aliphatic heterocycles. The Morgan fingerprint density at radius 2 is 1.09 bits per heavy atom. The van der Waals surface area contributed by atoms with Crippen molar-refractivity contribution in [2.75, 3.05) is 18.1 Å². The zero-order chi connectivity index (χ0) is 47.4. The van der Waals surface area contributed by atoms with Crippen LogP contribution in [0.3, 0.4) is 0 Å². The van der Waals surface area contributed by atoms with Crippen molar-refractivity contribution in [3.05, 3.63) is 246 Å². The molecule has 0 spiro atoms. The molecule has 0 saturated heterocycles. The summed E-state index contributed by atoms with van der Waals surface area (Å²) in [5.41, 5.74) is 18.6. The number of rotatable bonds is 17. The highest BCUT2D eigenvalue weighted by Gasteiger charge is 2.22. The Balaban J connectivity index is 0.790. The molecule has 0 amide bonds. The van der Waals surface area contributed by atoms with Crippen LogP contribution in [-0.4, -0.2) is 17.8 Å². The number of benzene rings is 9. The van der Waals surface area contributed by atoms with Gasteiger partial charge in [-0.05, 0) is 172 Å². The van der Waals surface area contributed by atoms with Gasteiger partial charge in [0.25, 0.3) is 0 Å². The molecule has 11 rings (SSSR count). The summed E-state index contributed by atoms with van der Waals surface area (Å²) in [6.45, 7) is 8.69. The third kappa shape index (κ3) is 9.28. The monoisotopic (exact) mass is 912 g/mol. The first-order valence-corrected chi connectivity index (χ1v) is 25.1. The van der Waals surface area contributed by atoms with Crippen LogP contribution in [-0.2, 0) is 17.8 Å². The van der Waals surface area contributed by atoms with E-state index in [1.807, 2.05) is 0 Å². The summed E-state index contributed by atoms with van der Waals surface area (Å²) in [7, 11) is 0. The van der Waals surface area contributed by atoms with Crippen LogP contribution in [0.4, 0.5) is 17.1 Å². The van der Waals surface area contributed by atoms with Crippen LogP contribution in [0.15, 0.2) is 218 Å². The second-order valence-corrected chi connectivity index (χ2v) is 19.2. The minimum atomic E-state index is 0.422. The Morgan fingerprint density at radius 3 is 1.66 bits per heavy atom. The molecule has 1 aliphatic carbocycles. The van der Waals surface area contributed by atoms with E-state index in [0.717, 1.165) is 47.8 Å². The predicted octanol–water partition coefficient (Wildman–Crippen LogP) is 17.5. The van der Waals surface area contributed by atoms with Crippen LogP contribution in [0.5, 0.6) is 5.75 Å². The summed E-state index contributed by atoms with van der Waals surface area (Å²) in [6.07, 6.45) is 3.35. The number of aromatic nitrogens is 1. The van der Waals surface area contributed by atoms with Gasteiger partial charge >= 0.3 is 0 Å². The van der Waals surface area contributed by atoms with Gasteiger partial charge in [0.1, 0.15) is 12.4 Å². The van der Waals surface area contributed by atoms with E-state index in [4.69, 9.17) is 9.47 Å². The molecular weight excluding hydrogens is 853 g/mol. The van der Waals surface area contributed by atoms with Gasteiger partial charge in [-0.25, -0.2) is 0 Å². The quantitative estimate of drug-likeness (QED) is 0.0852. The summed E-state index contributed by atoms with van der Waals surface area (Å²) < 4.78 is 14.4. The fourth-order valence-electron chi connectivity index (χ4n) is 10.7. The second kappa shape index (κ2) is 20.1. The first kappa shape index (κ1) is 44.8. The van der Waals surface area contributed by atoms with E-state index in [1.165, 1.54) is 71.9 Å². The Morgan fingerprint density at radius 1 is 0.543 bits per heavy atom. The number of para-hydroxylation sites is 3. The van der Waals surface area contributed by atoms with E-state index in [0.29, 0.717) is 37.6 Å². The number of ether oxygens (including phenoxy) is 2. The average Bonchev–Trinajstić information content (AvgIpc) is 3.74. The minimum Gasteiger partial charge on any atom is -0.491 e. The number of hydrogen-bond acceptors (Lipinski definition) is 3. The minimum absolute atomic E-state index is 0.422. The standard InChI is InChI=1S/C66H60N2O2/c1-4-49(51-22-20-48(21-23-51)45-69-38-39-70-61-34-35-62-47(3)41-56(62)42-61)40-46(2)50-24-26-52(27-25-50)54-30-36-65-63(43-54)64-44-55(31-37-66(64)68(65)59-18-12-7-13-19-59)53-28-32-60(33-29-53)67(57-14-8-5-9-15-57)58-16-10-6-11-17-58/h5-37,42-44,46-47,49H,4,38-41,45H2,1-3H3. The zero-order valence-corrected chi connectivity index (χ0v) is 40.5. The Hall–Kier alpha value is -7.66. The molecule has 3 unspecified atom stereocenters. The van der Waals surface area contributed by atoms with Crippen molar-refractivity contribution < 1.29 is 9.47 Å². The van der Waals surface area contributed by atoms with E-state index in [1.54, 1.807) is 0 Å². The first-order valence-electron chi connectivity index (χ1n) is 25.1. The molecule has 346 valence electrons. The fraction of sp³-hybridized carbons (Fsp3) is 0.182. The van der Waals surface area contributed by atoms with E-state index in [9.17, 15) is 0 Å². The summed E-state index contributed by atoms with van der Waals surface area (Å²) in [6, 6.07) is 79.7. The van der Waals surface area contributed by atoms with Gasteiger partial charge in [-0.15, -0.1) is 0 Å². The predicted molar refractivity (Wildman–Crippen MR) is 293 cm³/mol. The van der Waals surface area contributed by atoms with Crippen molar-refractivity contribution in [1.29, 1.82) is 0 Å². The molecule has 1 heterocycles. The van der Waals surface area contributed by atoms with Crippen molar-refractivity contribution in [2.24, 2.45) is 0 Å². The van der Waals surface area contributed by atoms with Crippen molar-refractivity contribution in [1.82, 2.24) is 4.57 Å². The molecule has 1 aliphatic rings. The molecule has 10 aromatic rings. The summed E-state index contributed by atoms with van der Waals surface area (Å²) >= 11 is 0. The van der Waals surface area contributed by atoms with Crippen molar-refractivity contribution in [3.8, 4) is 33.7 Å². The largest absolute Gasteiger partial charge is 0.491 e. The molecule has 70 heavy (non-hydrogen) atoms. The molecular formula is C66H60N2O2. The third-order valence-corrected chi connectivity index (χ3v) is 14.6. The van der Waals surface area contributed by atoms with Crippen LogP contribution in [0, 0.1) is 0 Å². The summed E-state index contributed by atoms with van der Waals surface area (Å²) in [5.74, 6) is 2.52. The van der Waals surface area contributed by atoms with Gasteiger partial charge in [-0.3, -0.25) is 0 Å². The Labute approximate surface area is 413 Å². The Kier molecular flexibility index (Phi) is 12.9. The highest BCUT2D eigenvalue weighted by molar-refractivity contribution is 6.11. The van der Waals surface area contributed by atoms with E-state index < -0.39 is 0 Å². The maximum atomic E-state index is 6.00. The molecule has 0 N–H and O–H groups in total. The number of fused-ring (bicyclic) bond motifs is 4. The molecule has 0 fully saturated rings. The van der Waals surface area contributed by atoms with E-state index in [2.05, 4.69) is 249 Å². The third-order valence-electron chi connectivity index (χ3n) is 14.6. The number of hydrogen-bond donors (Lipinski definition) is 0. The molecule has 0 bridgehead atoms. The van der Waals surface area contributed by atoms with Crippen molar-refractivity contribution in [2.45, 2.75) is 64.4 Å². The lowest BCUT2D eigenvalue weighted by molar-refractivity contribution is 0.0888. The molecule has 1 aromatic heterocycles. The zero-order valence-electron chi connectivity index (χ0n) is 40.5. The molecule has 0 radical (unpaired) electrons. The van der Waals surface area contributed by atoms with Gasteiger partial charge in [-0.1, -0.05) is 154 Å². The van der Waals surface area contributed by atoms with E-state index in [-0.39, 0.29) is 0 Å². The smallest absolute Gasteiger partial charge is 0.119 e. The van der Waals surface area contributed by atoms with Gasteiger partial charge in [0.2, 0.25) is 0 Å². The molecule has 9 aromatic carbocycles. The Bertz CT molecular complexity index is 3300. The first-order chi connectivity index (χ1) is 34.5. The van der Waals surface area contributed by atoms with Gasteiger partial charge in [0.05, 0.1) is 24.2 Å². The van der Waals surface area contributed by atoms with Crippen molar-refractivity contribution in [3.63, 3.8) is 0 Å². The maximum Gasteiger partial charge on any atom is 0.119 e. The highest BCUT2D eigenvalue weighted by Crippen LogP contribution is 2.41. The van der Waals surface area contributed by atoms with Crippen LogP contribution >= 0.6 is 0 Å². The number of nitrogens with zero attached hydrogens (tertiary/aromatic N) is 2. The van der Waals surface area contributed by atoms with Gasteiger partial charge in [0.15, 0.2) is 0 Å². The van der Waals surface area contributed by atoms with Gasteiger partial charge < -0.3 is 18.9 Å².